The number of nitrogens with two attached hydrogens (primary N) is 1. The minimum Gasteiger partial charge on any atom is -0.487 e. The van der Waals surface area contributed by atoms with Crippen molar-refractivity contribution in [3.63, 3.8) is 0 Å². The van der Waals surface area contributed by atoms with Crippen LogP contribution < -0.4 is 10.5 Å². The van der Waals surface area contributed by atoms with Crippen molar-refractivity contribution >= 4 is 17.2 Å². The molecule has 0 aliphatic rings. The molecule has 0 bridgehead atoms. The molecule has 1 amide bonds. The van der Waals surface area contributed by atoms with Gasteiger partial charge in [-0.15, -0.1) is 11.3 Å². The first kappa shape index (κ1) is 15.1. The molecule has 0 radical (unpaired) electrons. The Labute approximate surface area is 127 Å². The maximum absolute atomic E-state index is 11.3. The molecule has 2 aromatic rings. The monoisotopic (exact) mass is 301 g/mol. The van der Waals surface area contributed by atoms with Crippen LogP contribution in [0, 0.1) is 11.8 Å². The van der Waals surface area contributed by atoms with Crippen molar-refractivity contribution in [1.29, 1.82) is 0 Å². The van der Waals surface area contributed by atoms with E-state index in [1.54, 1.807) is 24.3 Å². The van der Waals surface area contributed by atoms with E-state index >= 15 is 0 Å². The highest BCUT2D eigenvalue weighted by Crippen LogP contribution is 2.21. The Morgan fingerprint density at radius 3 is 2.95 bits per heavy atom. The standard InChI is InChI=1S/C16H15NO3S/c17-16(19)14-6-1-2-7-15(14)20-10-13-9-12(11-21-13)5-3-4-8-18/h1-2,6-7,9,11,18H,4,8,10H2,(H2,17,19). The summed E-state index contributed by atoms with van der Waals surface area (Å²) in [5.41, 5.74) is 6.57. The number of benzene rings is 1. The lowest BCUT2D eigenvalue weighted by Gasteiger charge is -2.07. The molecule has 0 saturated carbocycles. The zero-order valence-corrected chi connectivity index (χ0v) is 12.2. The van der Waals surface area contributed by atoms with Crippen LogP contribution >= 0.6 is 11.3 Å². The molecule has 2 rings (SSSR count). The molecule has 4 nitrogen and oxygen atoms in total. The molecule has 3 N–H and O–H groups in total. The molecule has 0 aliphatic carbocycles. The van der Waals surface area contributed by atoms with Gasteiger partial charge in [-0.2, -0.15) is 0 Å². The van der Waals surface area contributed by atoms with E-state index in [9.17, 15) is 4.79 Å². The highest BCUT2D eigenvalue weighted by atomic mass is 32.1. The van der Waals surface area contributed by atoms with Crippen molar-refractivity contribution in [3.8, 4) is 17.6 Å². The predicted octanol–water partition coefficient (Wildman–Crippen LogP) is 2.16. The van der Waals surface area contributed by atoms with Crippen molar-refractivity contribution in [2.45, 2.75) is 13.0 Å². The summed E-state index contributed by atoms with van der Waals surface area (Å²) in [5, 5.41) is 10.6. The molecule has 21 heavy (non-hydrogen) atoms. The number of ether oxygens (including phenoxy) is 1. The Morgan fingerprint density at radius 2 is 2.19 bits per heavy atom. The SMILES string of the molecule is NC(=O)c1ccccc1OCc1cc(C#CCCO)cs1. The van der Waals surface area contributed by atoms with E-state index in [0.717, 1.165) is 10.4 Å². The average Bonchev–Trinajstić information content (AvgIpc) is 2.93. The Bertz CT molecular complexity index is 682. The van der Waals surface area contributed by atoms with E-state index in [2.05, 4.69) is 11.8 Å². The summed E-state index contributed by atoms with van der Waals surface area (Å²) >= 11 is 1.53. The molecular weight excluding hydrogens is 286 g/mol. The van der Waals surface area contributed by atoms with Gasteiger partial charge in [0.25, 0.3) is 5.91 Å². The summed E-state index contributed by atoms with van der Waals surface area (Å²) in [4.78, 5) is 12.3. The molecule has 1 aromatic carbocycles. The summed E-state index contributed by atoms with van der Waals surface area (Å²) in [6.45, 7) is 0.424. The van der Waals surface area contributed by atoms with Gasteiger partial charge in [-0.05, 0) is 18.2 Å². The second kappa shape index (κ2) is 7.48. The number of primary amides is 1. The molecule has 5 heteroatoms. The normalized spacial score (nSPS) is 9.76. The number of para-hydroxylation sites is 1. The van der Waals surface area contributed by atoms with Crippen LogP contribution in [0.1, 0.15) is 27.2 Å². The van der Waals surface area contributed by atoms with Crippen molar-refractivity contribution in [2.24, 2.45) is 5.73 Å². The number of thiophene rings is 1. The summed E-state index contributed by atoms with van der Waals surface area (Å²) in [6, 6.07) is 8.82. The van der Waals surface area contributed by atoms with Crippen molar-refractivity contribution < 1.29 is 14.6 Å². The fourth-order valence-electron chi connectivity index (χ4n) is 1.69. The fourth-order valence-corrected chi connectivity index (χ4v) is 2.41. The number of hydrogen-bond donors (Lipinski definition) is 2. The molecular formula is C16H15NO3S. The van der Waals surface area contributed by atoms with E-state index in [0.29, 0.717) is 24.3 Å². The summed E-state index contributed by atoms with van der Waals surface area (Å²) in [5.74, 6) is 5.80. The highest BCUT2D eigenvalue weighted by molar-refractivity contribution is 7.10. The molecule has 0 aliphatic heterocycles. The first-order valence-corrected chi connectivity index (χ1v) is 7.27. The third kappa shape index (κ3) is 4.35. The van der Waals surface area contributed by atoms with E-state index in [4.69, 9.17) is 15.6 Å². The van der Waals surface area contributed by atoms with Crippen LogP contribution in [0.15, 0.2) is 35.7 Å². The maximum Gasteiger partial charge on any atom is 0.252 e. The van der Waals surface area contributed by atoms with Crippen LogP contribution in [0.5, 0.6) is 5.75 Å². The van der Waals surface area contributed by atoms with Gasteiger partial charge in [0.05, 0.1) is 12.2 Å². The lowest BCUT2D eigenvalue weighted by Crippen LogP contribution is -2.12. The minimum absolute atomic E-state index is 0.0665. The van der Waals surface area contributed by atoms with Crippen LogP contribution in [0.2, 0.25) is 0 Å². The number of carbonyl (C=O) groups excluding carboxylic acids is 1. The molecule has 0 atom stereocenters. The largest absolute Gasteiger partial charge is 0.487 e. The minimum atomic E-state index is -0.507. The highest BCUT2D eigenvalue weighted by Gasteiger charge is 2.08. The lowest BCUT2D eigenvalue weighted by molar-refractivity contribution is 0.0996. The van der Waals surface area contributed by atoms with Gasteiger partial charge in [-0.25, -0.2) is 0 Å². The van der Waals surface area contributed by atoms with E-state index in [1.807, 2.05) is 11.4 Å². The molecule has 108 valence electrons. The zero-order valence-electron chi connectivity index (χ0n) is 11.3. The van der Waals surface area contributed by atoms with Crippen molar-refractivity contribution in [1.82, 2.24) is 0 Å². The number of carbonyl (C=O) groups is 1. The van der Waals surface area contributed by atoms with Crippen LogP contribution in [0.4, 0.5) is 0 Å². The molecule has 0 fully saturated rings. The van der Waals surface area contributed by atoms with Gasteiger partial charge in [0, 0.05) is 22.2 Å². The molecule has 0 unspecified atom stereocenters. The molecule has 0 saturated heterocycles. The summed E-state index contributed by atoms with van der Waals surface area (Å²) < 4.78 is 5.64. The second-order valence-electron chi connectivity index (χ2n) is 4.23. The van der Waals surface area contributed by atoms with Crippen molar-refractivity contribution in [2.75, 3.05) is 6.61 Å². The average molecular weight is 301 g/mol. The van der Waals surface area contributed by atoms with Crippen LogP contribution in [0.25, 0.3) is 0 Å². The van der Waals surface area contributed by atoms with E-state index in [1.165, 1.54) is 11.3 Å². The van der Waals surface area contributed by atoms with Crippen LogP contribution in [0.3, 0.4) is 0 Å². The molecule has 0 spiro atoms. The van der Waals surface area contributed by atoms with Gasteiger partial charge in [0.15, 0.2) is 0 Å². The summed E-state index contributed by atoms with van der Waals surface area (Å²) in [6.07, 6.45) is 0.466. The second-order valence-corrected chi connectivity index (χ2v) is 5.22. The number of amides is 1. The molecule has 1 heterocycles. The lowest BCUT2D eigenvalue weighted by atomic mass is 10.2. The van der Waals surface area contributed by atoms with Crippen LogP contribution in [-0.4, -0.2) is 17.6 Å². The van der Waals surface area contributed by atoms with Crippen LogP contribution in [-0.2, 0) is 6.61 Å². The van der Waals surface area contributed by atoms with Gasteiger partial charge in [-0.1, -0.05) is 24.0 Å². The summed E-state index contributed by atoms with van der Waals surface area (Å²) in [7, 11) is 0. The molecule has 1 aromatic heterocycles. The van der Waals surface area contributed by atoms with E-state index < -0.39 is 5.91 Å². The third-order valence-corrected chi connectivity index (χ3v) is 3.56. The Kier molecular flexibility index (Phi) is 5.38. The predicted molar refractivity (Wildman–Crippen MR) is 82.2 cm³/mol. The van der Waals surface area contributed by atoms with Gasteiger partial charge in [0.1, 0.15) is 12.4 Å². The third-order valence-electron chi connectivity index (χ3n) is 2.65. The zero-order chi connectivity index (χ0) is 15.1. The van der Waals surface area contributed by atoms with Gasteiger partial charge in [-0.3, -0.25) is 4.79 Å². The Hall–Kier alpha value is -2.29. The number of aliphatic hydroxyl groups excluding tert-OH is 1. The fraction of sp³-hybridized carbons (Fsp3) is 0.188. The number of aliphatic hydroxyl groups is 1. The topological polar surface area (TPSA) is 72.6 Å². The Morgan fingerprint density at radius 1 is 1.38 bits per heavy atom. The quantitative estimate of drug-likeness (QED) is 0.831. The first-order chi connectivity index (χ1) is 10.2. The van der Waals surface area contributed by atoms with Gasteiger partial charge >= 0.3 is 0 Å². The maximum atomic E-state index is 11.3. The van der Waals surface area contributed by atoms with Gasteiger partial charge < -0.3 is 15.6 Å². The first-order valence-electron chi connectivity index (χ1n) is 6.39. The smallest absolute Gasteiger partial charge is 0.252 e. The van der Waals surface area contributed by atoms with E-state index in [-0.39, 0.29) is 6.61 Å². The number of hydrogen-bond acceptors (Lipinski definition) is 4. The Balaban J connectivity index is 2.01. The van der Waals surface area contributed by atoms with Gasteiger partial charge in [0.2, 0.25) is 0 Å². The van der Waals surface area contributed by atoms with Crippen molar-refractivity contribution in [3.05, 3.63) is 51.7 Å². The number of rotatable bonds is 5.